The molecule has 6 heteroatoms. The van der Waals surface area contributed by atoms with Crippen LogP contribution in [0.4, 0.5) is 0 Å². The Hall–Kier alpha value is -2.86. The van der Waals surface area contributed by atoms with E-state index in [1.54, 1.807) is 28.0 Å². The molecule has 1 saturated heterocycles. The van der Waals surface area contributed by atoms with Gasteiger partial charge in [0.05, 0.1) is 18.1 Å². The van der Waals surface area contributed by atoms with Gasteiger partial charge in [0, 0.05) is 19.2 Å². The Bertz CT molecular complexity index is 855. The summed E-state index contributed by atoms with van der Waals surface area (Å²) in [5, 5.41) is 14.5. The monoisotopic (exact) mass is 337 g/mol. The zero-order chi connectivity index (χ0) is 17.2. The zero-order valence-corrected chi connectivity index (χ0v) is 13.7. The van der Waals surface area contributed by atoms with E-state index in [1.807, 2.05) is 36.4 Å². The fourth-order valence-corrected chi connectivity index (χ4v) is 3.15. The third-order valence-electron chi connectivity index (χ3n) is 4.39. The van der Waals surface area contributed by atoms with Gasteiger partial charge in [-0.1, -0.05) is 18.2 Å². The molecule has 0 unspecified atom stereocenters. The normalized spacial score (nSPS) is 17.6. The summed E-state index contributed by atoms with van der Waals surface area (Å²) in [6.45, 7) is 1.00. The van der Waals surface area contributed by atoms with E-state index in [2.05, 4.69) is 5.10 Å². The molecule has 1 aliphatic rings. The molecule has 0 aliphatic carbocycles. The van der Waals surface area contributed by atoms with Crippen LogP contribution in [0.1, 0.15) is 23.3 Å². The van der Waals surface area contributed by atoms with Crippen LogP contribution in [0.2, 0.25) is 0 Å². The Morgan fingerprint density at radius 1 is 1.20 bits per heavy atom. The van der Waals surface area contributed by atoms with Gasteiger partial charge in [-0.25, -0.2) is 4.68 Å². The molecule has 0 radical (unpaired) electrons. The Kier molecular flexibility index (Phi) is 4.11. The zero-order valence-electron chi connectivity index (χ0n) is 13.7. The predicted octanol–water partition coefficient (Wildman–Crippen LogP) is 2.73. The van der Waals surface area contributed by atoms with Crippen LogP contribution in [-0.2, 0) is 0 Å². The number of hydrogen-bond acceptors (Lipinski definition) is 4. The van der Waals surface area contributed by atoms with Gasteiger partial charge in [0.2, 0.25) is 0 Å². The highest BCUT2D eigenvalue weighted by atomic mass is 16.3. The number of para-hydroxylation sites is 1. The number of rotatable bonds is 3. The van der Waals surface area contributed by atoms with Crippen molar-refractivity contribution in [2.45, 2.75) is 18.9 Å². The van der Waals surface area contributed by atoms with Gasteiger partial charge in [-0.2, -0.15) is 5.10 Å². The molecule has 1 atom stereocenters. The number of likely N-dealkylation sites (tertiary alicyclic amines) is 1. The summed E-state index contributed by atoms with van der Waals surface area (Å²) >= 11 is 0. The lowest BCUT2D eigenvalue weighted by Gasteiger charge is -2.30. The highest BCUT2D eigenvalue weighted by molar-refractivity contribution is 5.94. The Labute approximate surface area is 145 Å². The standard InChI is InChI=1S/C19H19N3O3/c23-15-8-4-10-21(13-15)19(24)17-12-16(18-9-5-11-25-18)20-22(17)14-6-2-1-3-7-14/h1-3,5-7,9,11-12,15,23H,4,8,10,13H2/t15-/m1/s1. The smallest absolute Gasteiger partial charge is 0.272 e. The summed E-state index contributed by atoms with van der Waals surface area (Å²) in [7, 11) is 0. The number of aliphatic hydroxyl groups is 1. The molecule has 0 bridgehead atoms. The quantitative estimate of drug-likeness (QED) is 0.798. The highest BCUT2D eigenvalue weighted by Gasteiger charge is 2.27. The Balaban J connectivity index is 1.76. The number of furan rings is 1. The van der Waals surface area contributed by atoms with E-state index in [0.717, 1.165) is 18.5 Å². The number of β-amino-alcohol motifs (C(OH)–C–C–N with tert-alkyl or cyclic N) is 1. The fraction of sp³-hybridized carbons (Fsp3) is 0.263. The minimum Gasteiger partial charge on any atom is -0.463 e. The lowest BCUT2D eigenvalue weighted by atomic mass is 10.1. The van der Waals surface area contributed by atoms with Crippen LogP contribution < -0.4 is 0 Å². The van der Waals surface area contributed by atoms with Crippen molar-refractivity contribution in [3.05, 3.63) is 60.5 Å². The van der Waals surface area contributed by atoms with Crippen LogP contribution in [0.15, 0.2) is 59.2 Å². The van der Waals surface area contributed by atoms with Gasteiger partial charge in [0.1, 0.15) is 11.4 Å². The maximum atomic E-state index is 13.0. The lowest BCUT2D eigenvalue weighted by Crippen LogP contribution is -2.42. The number of aromatic nitrogens is 2. The number of nitrogens with zero attached hydrogens (tertiary/aromatic N) is 3. The number of amides is 1. The maximum absolute atomic E-state index is 13.0. The van der Waals surface area contributed by atoms with Crippen LogP contribution in [0.25, 0.3) is 17.1 Å². The predicted molar refractivity (Wildman–Crippen MR) is 92.4 cm³/mol. The molecule has 1 fully saturated rings. The summed E-state index contributed by atoms with van der Waals surface area (Å²) in [4.78, 5) is 14.7. The van der Waals surface area contributed by atoms with Crippen LogP contribution in [0, 0.1) is 0 Å². The molecule has 4 rings (SSSR count). The number of carbonyl (C=O) groups is 1. The second kappa shape index (κ2) is 6.57. The van der Waals surface area contributed by atoms with Crippen molar-refractivity contribution in [3.8, 4) is 17.1 Å². The summed E-state index contributed by atoms with van der Waals surface area (Å²) < 4.78 is 7.07. The minimum absolute atomic E-state index is 0.132. The van der Waals surface area contributed by atoms with Gasteiger partial charge in [0.15, 0.2) is 5.76 Å². The Morgan fingerprint density at radius 3 is 2.76 bits per heavy atom. The summed E-state index contributed by atoms with van der Waals surface area (Å²) in [6.07, 6.45) is 2.66. The molecule has 1 amide bonds. The first kappa shape index (κ1) is 15.7. The molecule has 1 N–H and O–H groups in total. The maximum Gasteiger partial charge on any atom is 0.272 e. The van der Waals surface area contributed by atoms with E-state index in [-0.39, 0.29) is 5.91 Å². The van der Waals surface area contributed by atoms with Crippen molar-refractivity contribution in [3.63, 3.8) is 0 Å². The topological polar surface area (TPSA) is 71.5 Å². The molecule has 128 valence electrons. The van der Waals surface area contributed by atoms with Crippen molar-refractivity contribution in [1.29, 1.82) is 0 Å². The molecule has 0 spiro atoms. The van der Waals surface area contributed by atoms with Gasteiger partial charge < -0.3 is 14.4 Å². The van der Waals surface area contributed by atoms with Gasteiger partial charge in [0.25, 0.3) is 5.91 Å². The summed E-state index contributed by atoms with van der Waals surface area (Å²) in [5.41, 5.74) is 1.88. The molecule has 25 heavy (non-hydrogen) atoms. The second-order valence-corrected chi connectivity index (χ2v) is 6.19. The number of benzene rings is 1. The molecule has 6 nitrogen and oxygen atoms in total. The average Bonchev–Trinajstić information content (AvgIpc) is 3.31. The number of carbonyl (C=O) groups excluding carboxylic acids is 1. The van der Waals surface area contributed by atoms with Crippen LogP contribution in [0.3, 0.4) is 0 Å². The molecular formula is C19H19N3O3. The van der Waals surface area contributed by atoms with Crippen molar-refractivity contribution in [2.24, 2.45) is 0 Å². The average molecular weight is 337 g/mol. The van der Waals surface area contributed by atoms with E-state index >= 15 is 0 Å². The van der Waals surface area contributed by atoms with E-state index in [9.17, 15) is 9.90 Å². The first-order valence-electron chi connectivity index (χ1n) is 8.39. The van der Waals surface area contributed by atoms with Crippen molar-refractivity contribution in [2.75, 3.05) is 13.1 Å². The third kappa shape index (κ3) is 3.08. The van der Waals surface area contributed by atoms with E-state index < -0.39 is 6.10 Å². The van der Waals surface area contributed by atoms with Gasteiger partial charge >= 0.3 is 0 Å². The number of hydrogen-bond donors (Lipinski definition) is 1. The Morgan fingerprint density at radius 2 is 2.04 bits per heavy atom. The van der Waals surface area contributed by atoms with E-state index in [1.165, 1.54) is 0 Å². The summed E-state index contributed by atoms with van der Waals surface area (Å²) in [5.74, 6) is 0.482. The SMILES string of the molecule is O=C(c1cc(-c2ccco2)nn1-c1ccccc1)N1CCC[C@@H](O)C1. The first-order chi connectivity index (χ1) is 12.2. The molecule has 2 aromatic heterocycles. The second-order valence-electron chi connectivity index (χ2n) is 6.19. The molecular weight excluding hydrogens is 318 g/mol. The van der Waals surface area contributed by atoms with Crippen LogP contribution in [-0.4, -0.2) is 44.9 Å². The first-order valence-corrected chi connectivity index (χ1v) is 8.39. The van der Waals surface area contributed by atoms with Crippen molar-refractivity contribution >= 4 is 5.91 Å². The van der Waals surface area contributed by atoms with Gasteiger partial charge in [-0.15, -0.1) is 0 Å². The van der Waals surface area contributed by atoms with Crippen LogP contribution in [0.5, 0.6) is 0 Å². The molecule has 1 aliphatic heterocycles. The van der Waals surface area contributed by atoms with Crippen LogP contribution >= 0.6 is 0 Å². The lowest BCUT2D eigenvalue weighted by molar-refractivity contribution is 0.0466. The molecule has 0 saturated carbocycles. The van der Waals surface area contributed by atoms with E-state index in [4.69, 9.17) is 4.42 Å². The molecule has 3 aromatic rings. The molecule has 3 heterocycles. The number of aliphatic hydroxyl groups excluding tert-OH is 1. The third-order valence-corrected chi connectivity index (χ3v) is 4.39. The molecule has 1 aromatic carbocycles. The van der Waals surface area contributed by atoms with Gasteiger partial charge in [-0.05, 0) is 37.1 Å². The summed E-state index contributed by atoms with van der Waals surface area (Å²) in [6, 6.07) is 14.9. The van der Waals surface area contributed by atoms with E-state index in [0.29, 0.717) is 30.2 Å². The van der Waals surface area contributed by atoms with Crippen molar-refractivity contribution < 1.29 is 14.3 Å². The van der Waals surface area contributed by atoms with Crippen molar-refractivity contribution in [1.82, 2.24) is 14.7 Å². The largest absolute Gasteiger partial charge is 0.463 e. The minimum atomic E-state index is -0.463. The highest BCUT2D eigenvalue weighted by Crippen LogP contribution is 2.24. The number of piperidine rings is 1. The van der Waals surface area contributed by atoms with Gasteiger partial charge in [-0.3, -0.25) is 4.79 Å². The fourth-order valence-electron chi connectivity index (χ4n) is 3.15.